The van der Waals surface area contributed by atoms with Crippen LogP contribution in [0.25, 0.3) is 0 Å². The van der Waals surface area contributed by atoms with Gasteiger partial charge in [-0.25, -0.2) is 9.78 Å². The topological polar surface area (TPSA) is 88.1 Å². The number of benzene rings is 1. The van der Waals surface area contributed by atoms with Crippen molar-refractivity contribution in [3.05, 3.63) is 48.5 Å². The van der Waals surface area contributed by atoms with Crippen molar-refractivity contribution in [2.24, 2.45) is 0 Å². The molecule has 25 heavy (non-hydrogen) atoms. The second kappa shape index (κ2) is 9.46. The van der Waals surface area contributed by atoms with Crippen molar-refractivity contribution in [1.82, 2.24) is 20.2 Å². The number of aryl methyl sites for hydroxylation is 1. The first-order valence-electron chi connectivity index (χ1n) is 8.43. The van der Waals surface area contributed by atoms with Gasteiger partial charge in [-0.3, -0.25) is 4.79 Å². The number of rotatable bonds is 8. The van der Waals surface area contributed by atoms with E-state index in [9.17, 15) is 9.59 Å². The largest absolute Gasteiger partial charge is 0.359 e. The molecule has 0 saturated carbocycles. The second-order valence-corrected chi connectivity index (χ2v) is 5.84. The van der Waals surface area contributed by atoms with Crippen LogP contribution in [0.4, 0.5) is 10.5 Å². The zero-order chi connectivity index (χ0) is 18.1. The Morgan fingerprint density at radius 1 is 1.32 bits per heavy atom. The number of carbonyl (C=O) groups excluding carboxylic acids is 2. The van der Waals surface area contributed by atoms with Gasteiger partial charge in [-0.15, -0.1) is 0 Å². The predicted octanol–water partition coefficient (Wildman–Crippen LogP) is 2.16. The third-order valence-electron chi connectivity index (χ3n) is 3.92. The molecular weight excluding hydrogens is 318 g/mol. The van der Waals surface area contributed by atoms with E-state index >= 15 is 0 Å². The number of urea groups is 1. The molecule has 0 aliphatic carbocycles. The quantitative estimate of drug-likeness (QED) is 0.686. The van der Waals surface area contributed by atoms with Crippen LogP contribution in [0.15, 0.2) is 43.0 Å². The summed E-state index contributed by atoms with van der Waals surface area (Å²) < 4.78 is 1.94. The molecule has 7 heteroatoms. The molecule has 7 nitrogen and oxygen atoms in total. The Kier molecular flexibility index (Phi) is 7.00. The number of aromatic nitrogens is 2. The Hall–Kier alpha value is -2.83. The lowest BCUT2D eigenvalue weighted by atomic mass is 10.1. The van der Waals surface area contributed by atoms with Crippen molar-refractivity contribution < 1.29 is 9.59 Å². The number of anilines is 1. The summed E-state index contributed by atoms with van der Waals surface area (Å²) in [7, 11) is 1.62. The summed E-state index contributed by atoms with van der Waals surface area (Å²) >= 11 is 0. The zero-order valence-electron chi connectivity index (χ0n) is 14.7. The van der Waals surface area contributed by atoms with Gasteiger partial charge in [0.25, 0.3) is 0 Å². The van der Waals surface area contributed by atoms with Crippen molar-refractivity contribution >= 4 is 17.6 Å². The van der Waals surface area contributed by atoms with E-state index in [0.717, 1.165) is 12.0 Å². The molecule has 2 aromatic rings. The van der Waals surface area contributed by atoms with Gasteiger partial charge >= 0.3 is 6.03 Å². The van der Waals surface area contributed by atoms with Gasteiger partial charge in [0.15, 0.2) is 0 Å². The molecule has 0 spiro atoms. The standard InChI is InChI=1S/C18H25N5O2/c1-3-15(12-23-10-9-20-13-23)21-18(25)22-16-6-4-5-14(11-16)7-8-17(24)19-2/h4-6,9-11,13,15H,3,7-8,12H2,1-2H3,(H,19,24)(H2,21,22,25). The monoisotopic (exact) mass is 343 g/mol. The van der Waals surface area contributed by atoms with Gasteiger partial charge in [0.05, 0.1) is 6.33 Å². The van der Waals surface area contributed by atoms with Crippen LogP contribution in [-0.4, -0.2) is 34.6 Å². The molecule has 0 saturated heterocycles. The molecule has 0 bridgehead atoms. The first-order valence-corrected chi connectivity index (χ1v) is 8.43. The fourth-order valence-electron chi connectivity index (χ4n) is 2.47. The van der Waals surface area contributed by atoms with Crippen molar-refractivity contribution in [3.63, 3.8) is 0 Å². The maximum atomic E-state index is 12.2. The molecule has 1 unspecified atom stereocenters. The minimum Gasteiger partial charge on any atom is -0.359 e. The lowest BCUT2D eigenvalue weighted by molar-refractivity contribution is -0.120. The molecule has 1 atom stereocenters. The summed E-state index contributed by atoms with van der Waals surface area (Å²) in [4.78, 5) is 27.6. The zero-order valence-corrected chi connectivity index (χ0v) is 14.7. The van der Waals surface area contributed by atoms with Gasteiger partial charge in [-0.1, -0.05) is 19.1 Å². The number of carbonyl (C=O) groups is 2. The molecule has 0 fully saturated rings. The van der Waals surface area contributed by atoms with Crippen LogP contribution in [0.1, 0.15) is 25.3 Å². The molecule has 1 heterocycles. The molecule has 0 aliphatic rings. The fourth-order valence-corrected chi connectivity index (χ4v) is 2.47. The maximum Gasteiger partial charge on any atom is 0.319 e. The smallest absolute Gasteiger partial charge is 0.319 e. The Morgan fingerprint density at radius 2 is 2.16 bits per heavy atom. The summed E-state index contributed by atoms with van der Waals surface area (Å²) in [6, 6.07) is 7.32. The first kappa shape index (κ1) is 18.5. The van der Waals surface area contributed by atoms with Gasteiger partial charge < -0.3 is 20.5 Å². The highest BCUT2D eigenvalue weighted by Gasteiger charge is 2.11. The van der Waals surface area contributed by atoms with E-state index in [1.807, 2.05) is 42.0 Å². The Balaban J connectivity index is 1.87. The number of nitrogens with zero attached hydrogens (tertiary/aromatic N) is 2. The Labute approximate surface area is 147 Å². The molecule has 0 aliphatic heterocycles. The van der Waals surface area contributed by atoms with E-state index in [0.29, 0.717) is 25.1 Å². The summed E-state index contributed by atoms with van der Waals surface area (Å²) in [6.45, 7) is 2.71. The minimum atomic E-state index is -0.240. The van der Waals surface area contributed by atoms with Crippen LogP contribution < -0.4 is 16.0 Å². The highest BCUT2D eigenvalue weighted by molar-refractivity contribution is 5.89. The van der Waals surface area contributed by atoms with E-state index in [4.69, 9.17) is 0 Å². The van der Waals surface area contributed by atoms with E-state index in [2.05, 4.69) is 20.9 Å². The average Bonchev–Trinajstić information content (AvgIpc) is 3.12. The molecule has 3 N–H and O–H groups in total. The molecular formula is C18H25N5O2. The molecule has 2 rings (SSSR count). The van der Waals surface area contributed by atoms with Gasteiger partial charge in [-0.05, 0) is 30.5 Å². The van der Waals surface area contributed by atoms with Gasteiger partial charge in [-0.2, -0.15) is 0 Å². The third-order valence-corrected chi connectivity index (χ3v) is 3.92. The second-order valence-electron chi connectivity index (χ2n) is 5.84. The van der Waals surface area contributed by atoms with E-state index < -0.39 is 0 Å². The summed E-state index contributed by atoms with van der Waals surface area (Å²) in [5.41, 5.74) is 1.72. The van der Waals surface area contributed by atoms with Crippen LogP contribution in [0.2, 0.25) is 0 Å². The van der Waals surface area contributed by atoms with Gasteiger partial charge in [0, 0.05) is 44.1 Å². The number of hydrogen-bond donors (Lipinski definition) is 3. The van der Waals surface area contributed by atoms with Crippen LogP contribution >= 0.6 is 0 Å². The van der Waals surface area contributed by atoms with Gasteiger partial charge in [0.2, 0.25) is 5.91 Å². The van der Waals surface area contributed by atoms with Crippen molar-refractivity contribution in [2.45, 2.75) is 38.8 Å². The van der Waals surface area contributed by atoms with Crippen molar-refractivity contribution in [1.29, 1.82) is 0 Å². The number of amides is 3. The third kappa shape index (κ3) is 6.29. The van der Waals surface area contributed by atoms with E-state index in [1.165, 1.54) is 0 Å². The van der Waals surface area contributed by atoms with Crippen LogP contribution in [-0.2, 0) is 17.8 Å². The van der Waals surface area contributed by atoms with E-state index in [1.54, 1.807) is 19.6 Å². The average molecular weight is 343 g/mol. The lowest BCUT2D eigenvalue weighted by Crippen LogP contribution is -2.40. The summed E-state index contributed by atoms with van der Waals surface area (Å²) in [5.74, 6) is 0.00129. The summed E-state index contributed by atoms with van der Waals surface area (Å²) in [5, 5.41) is 8.43. The molecule has 1 aromatic carbocycles. The Bertz CT molecular complexity index is 685. The molecule has 3 amide bonds. The van der Waals surface area contributed by atoms with Crippen LogP contribution in [0.3, 0.4) is 0 Å². The first-order chi connectivity index (χ1) is 12.1. The summed E-state index contributed by atoms with van der Waals surface area (Å²) in [6.07, 6.45) is 7.20. The van der Waals surface area contributed by atoms with Crippen molar-refractivity contribution in [2.75, 3.05) is 12.4 Å². The maximum absolute atomic E-state index is 12.2. The molecule has 134 valence electrons. The van der Waals surface area contributed by atoms with Crippen LogP contribution in [0.5, 0.6) is 0 Å². The highest BCUT2D eigenvalue weighted by atomic mass is 16.2. The van der Waals surface area contributed by atoms with Gasteiger partial charge in [0.1, 0.15) is 0 Å². The number of imidazole rings is 1. The normalized spacial score (nSPS) is 11.6. The Morgan fingerprint density at radius 3 is 2.84 bits per heavy atom. The SMILES string of the molecule is CCC(Cn1ccnc1)NC(=O)Nc1cccc(CCC(=O)NC)c1. The van der Waals surface area contributed by atoms with Crippen molar-refractivity contribution in [3.8, 4) is 0 Å². The number of hydrogen-bond acceptors (Lipinski definition) is 3. The number of nitrogens with one attached hydrogen (secondary N) is 3. The molecule has 1 aromatic heterocycles. The molecule has 0 radical (unpaired) electrons. The fraction of sp³-hybridized carbons (Fsp3) is 0.389. The van der Waals surface area contributed by atoms with E-state index in [-0.39, 0.29) is 18.0 Å². The highest BCUT2D eigenvalue weighted by Crippen LogP contribution is 2.12. The lowest BCUT2D eigenvalue weighted by Gasteiger charge is -2.18. The minimum absolute atomic E-state index is 0.00129. The predicted molar refractivity (Wildman–Crippen MR) is 97.3 cm³/mol. The van der Waals surface area contributed by atoms with Crippen LogP contribution in [0, 0.1) is 0 Å².